The lowest BCUT2D eigenvalue weighted by Crippen LogP contribution is -2.33. The number of nitrogens with two attached hydrogens (primary N) is 1. The summed E-state index contributed by atoms with van der Waals surface area (Å²) in [5.74, 6) is -0.279. The van der Waals surface area contributed by atoms with E-state index < -0.39 is 0 Å². The highest BCUT2D eigenvalue weighted by atomic mass is 32.1. The molecule has 1 aromatic rings. The Morgan fingerprint density at radius 2 is 2.12 bits per heavy atom. The molecular formula is C11H19N3OS. The highest BCUT2D eigenvalue weighted by Gasteiger charge is 2.15. The van der Waals surface area contributed by atoms with Gasteiger partial charge in [0.05, 0.1) is 10.7 Å². The van der Waals surface area contributed by atoms with Gasteiger partial charge in [-0.3, -0.25) is 4.79 Å². The van der Waals surface area contributed by atoms with Gasteiger partial charge in [0, 0.05) is 23.4 Å². The Morgan fingerprint density at radius 3 is 2.56 bits per heavy atom. The number of aryl methyl sites for hydroxylation is 2. The molecule has 2 unspecified atom stereocenters. The Bertz CT molecular complexity index is 375. The maximum Gasteiger partial charge on any atom is 0.218 e. The minimum Gasteiger partial charge on any atom is -0.370 e. The molecule has 0 bridgehead atoms. The van der Waals surface area contributed by atoms with E-state index in [9.17, 15) is 4.79 Å². The van der Waals surface area contributed by atoms with Crippen LogP contribution in [0.3, 0.4) is 0 Å². The average molecular weight is 241 g/mol. The summed E-state index contributed by atoms with van der Waals surface area (Å²) >= 11 is 1.70. The molecule has 3 N–H and O–H groups in total. The summed E-state index contributed by atoms with van der Waals surface area (Å²) in [5, 5.41) is 4.40. The van der Waals surface area contributed by atoms with E-state index >= 15 is 0 Å². The van der Waals surface area contributed by atoms with Gasteiger partial charge in [0.15, 0.2) is 0 Å². The summed E-state index contributed by atoms with van der Waals surface area (Å²) in [6, 6.07) is 0.230. The quantitative estimate of drug-likeness (QED) is 0.824. The third-order valence-electron chi connectivity index (χ3n) is 2.39. The molecule has 0 aliphatic heterocycles. The molecule has 90 valence electrons. The van der Waals surface area contributed by atoms with E-state index in [1.165, 1.54) is 4.88 Å². The van der Waals surface area contributed by atoms with Gasteiger partial charge < -0.3 is 11.1 Å². The van der Waals surface area contributed by atoms with Gasteiger partial charge in [-0.25, -0.2) is 4.98 Å². The van der Waals surface area contributed by atoms with E-state index in [4.69, 9.17) is 5.73 Å². The normalized spacial score (nSPS) is 14.8. The lowest BCUT2D eigenvalue weighted by molar-refractivity contribution is -0.118. The van der Waals surface area contributed by atoms with Gasteiger partial charge in [-0.2, -0.15) is 0 Å². The fourth-order valence-electron chi connectivity index (χ4n) is 1.81. The van der Waals surface area contributed by atoms with Gasteiger partial charge in [0.25, 0.3) is 0 Å². The molecule has 1 rings (SSSR count). The fourth-order valence-corrected chi connectivity index (χ4v) is 2.73. The summed E-state index contributed by atoms with van der Waals surface area (Å²) in [6.45, 7) is 8.08. The zero-order chi connectivity index (χ0) is 12.3. The fraction of sp³-hybridized carbons (Fsp3) is 0.636. The number of amides is 1. The highest BCUT2D eigenvalue weighted by Crippen LogP contribution is 2.22. The van der Waals surface area contributed by atoms with E-state index in [1.807, 2.05) is 13.8 Å². The summed E-state index contributed by atoms with van der Waals surface area (Å²) < 4.78 is 0. The van der Waals surface area contributed by atoms with Gasteiger partial charge in [0.1, 0.15) is 0 Å². The van der Waals surface area contributed by atoms with E-state index in [0.29, 0.717) is 6.42 Å². The molecule has 0 radical (unpaired) electrons. The largest absolute Gasteiger partial charge is 0.370 e. The number of rotatable bonds is 5. The molecular weight excluding hydrogens is 222 g/mol. The second-order valence-electron chi connectivity index (χ2n) is 4.13. The molecule has 0 aromatic carbocycles. The summed E-state index contributed by atoms with van der Waals surface area (Å²) in [5.41, 5.74) is 6.22. The van der Waals surface area contributed by atoms with Crippen LogP contribution in [0.15, 0.2) is 0 Å². The van der Waals surface area contributed by atoms with Crippen LogP contribution in [0, 0.1) is 13.8 Å². The third kappa shape index (κ3) is 3.57. The number of thiazole rings is 1. The molecule has 1 amide bonds. The van der Waals surface area contributed by atoms with Crippen molar-refractivity contribution in [1.29, 1.82) is 0 Å². The number of nitrogens with zero attached hydrogens (tertiary/aromatic N) is 1. The molecule has 0 saturated heterocycles. The summed E-state index contributed by atoms with van der Waals surface area (Å²) in [7, 11) is 0. The number of hydrogen-bond acceptors (Lipinski definition) is 4. The third-order valence-corrected chi connectivity index (χ3v) is 3.29. The first-order chi connectivity index (χ1) is 7.40. The molecule has 2 atom stereocenters. The van der Waals surface area contributed by atoms with Crippen LogP contribution >= 0.6 is 11.3 Å². The van der Waals surface area contributed by atoms with E-state index in [-0.39, 0.29) is 18.0 Å². The van der Waals surface area contributed by atoms with E-state index in [1.54, 1.807) is 11.3 Å². The van der Waals surface area contributed by atoms with Gasteiger partial charge in [-0.05, 0) is 27.7 Å². The molecule has 0 aliphatic carbocycles. The van der Waals surface area contributed by atoms with Gasteiger partial charge in [-0.15, -0.1) is 11.3 Å². The Hall–Kier alpha value is -0.940. The van der Waals surface area contributed by atoms with Crippen molar-refractivity contribution in [3.8, 4) is 0 Å². The first-order valence-electron chi connectivity index (χ1n) is 5.38. The smallest absolute Gasteiger partial charge is 0.218 e. The predicted molar refractivity (Wildman–Crippen MR) is 66.4 cm³/mol. The molecule has 0 fully saturated rings. The number of aromatic nitrogens is 1. The van der Waals surface area contributed by atoms with Crippen LogP contribution in [-0.2, 0) is 4.79 Å². The van der Waals surface area contributed by atoms with Crippen molar-refractivity contribution in [2.45, 2.75) is 46.2 Å². The average Bonchev–Trinajstić information content (AvgIpc) is 2.43. The Kier molecular flexibility index (Phi) is 4.44. The van der Waals surface area contributed by atoms with Crippen molar-refractivity contribution in [2.75, 3.05) is 0 Å². The summed E-state index contributed by atoms with van der Waals surface area (Å²) in [4.78, 5) is 16.5. The van der Waals surface area contributed by atoms with Gasteiger partial charge in [0.2, 0.25) is 5.91 Å². The lowest BCUT2D eigenvalue weighted by atomic mass is 10.1. The molecule has 16 heavy (non-hydrogen) atoms. The maximum atomic E-state index is 10.8. The van der Waals surface area contributed by atoms with Crippen LogP contribution in [-0.4, -0.2) is 16.9 Å². The van der Waals surface area contributed by atoms with Crippen LogP contribution in [0.5, 0.6) is 0 Å². The first kappa shape index (κ1) is 13.1. The zero-order valence-electron chi connectivity index (χ0n) is 10.2. The van der Waals surface area contributed by atoms with Crippen molar-refractivity contribution in [1.82, 2.24) is 10.3 Å². The molecule has 0 spiro atoms. The predicted octanol–water partition coefficient (Wildman–Crippen LogP) is 1.67. The second kappa shape index (κ2) is 5.41. The van der Waals surface area contributed by atoms with Crippen LogP contribution in [0.25, 0.3) is 0 Å². The topological polar surface area (TPSA) is 68.0 Å². The van der Waals surface area contributed by atoms with Crippen LogP contribution < -0.4 is 11.1 Å². The molecule has 4 nitrogen and oxygen atoms in total. The standard InChI is InChI=1S/C11H19N3OS/c1-6(5-10(12)15)13-7(2)11-8(3)16-9(4)14-11/h6-7,13H,5H2,1-4H3,(H2,12,15). The molecule has 1 aromatic heterocycles. The van der Waals surface area contributed by atoms with Crippen molar-refractivity contribution in [3.05, 3.63) is 15.6 Å². The molecule has 0 aliphatic rings. The number of nitrogens with one attached hydrogen (secondary N) is 1. The van der Waals surface area contributed by atoms with E-state index in [0.717, 1.165) is 10.7 Å². The van der Waals surface area contributed by atoms with Crippen LogP contribution in [0.1, 0.15) is 41.9 Å². The Morgan fingerprint density at radius 1 is 1.50 bits per heavy atom. The highest BCUT2D eigenvalue weighted by molar-refractivity contribution is 7.11. The lowest BCUT2D eigenvalue weighted by Gasteiger charge is -2.18. The number of carbonyl (C=O) groups excluding carboxylic acids is 1. The van der Waals surface area contributed by atoms with Gasteiger partial charge >= 0.3 is 0 Å². The minimum absolute atomic E-state index is 0.0777. The van der Waals surface area contributed by atoms with Crippen molar-refractivity contribution < 1.29 is 4.79 Å². The molecule has 1 heterocycles. The number of primary amides is 1. The van der Waals surface area contributed by atoms with Gasteiger partial charge in [-0.1, -0.05) is 0 Å². The number of hydrogen-bond donors (Lipinski definition) is 2. The maximum absolute atomic E-state index is 10.8. The minimum atomic E-state index is -0.279. The first-order valence-corrected chi connectivity index (χ1v) is 6.20. The van der Waals surface area contributed by atoms with Crippen molar-refractivity contribution in [3.63, 3.8) is 0 Å². The zero-order valence-corrected chi connectivity index (χ0v) is 11.0. The second-order valence-corrected chi connectivity index (χ2v) is 5.54. The summed E-state index contributed by atoms with van der Waals surface area (Å²) in [6.07, 6.45) is 0.354. The van der Waals surface area contributed by atoms with Crippen LogP contribution in [0.2, 0.25) is 0 Å². The Balaban J connectivity index is 2.61. The van der Waals surface area contributed by atoms with Crippen molar-refractivity contribution in [2.24, 2.45) is 5.73 Å². The molecule has 5 heteroatoms. The number of carbonyl (C=O) groups is 1. The molecule has 0 saturated carbocycles. The van der Waals surface area contributed by atoms with Crippen LogP contribution in [0.4, 0.5) is 0 Å². The SMILES string of the molecule is Cc1nc(C(C)NC(C)CC(N)=O)c(C)s1. The monoisotopic (exact) mass is 241 g/mol. The van der Waals surface area contributed by atoms with E-state index in [2.05, 4.69) is 24.1 Å². The Labute approximate surface area is 100 Å². The van der Waals surface area contributed by atoms with Crippen molar-refractivity contribution >= 4 is 17.2 Å².